The topological polar surface area (TPSA) is 35.2 Å². The van der Waals surface area contributed by atoms with Crippen molar-refractivity contribution in [1.82, 2.24) is 0 Å². The fourth-order valence-corrected chi connectivity index (χ4v) is 3.73. The summed E-state index contributed by atoms with van der Waals surface area (Å²) in [5.74, 6) is 1.88. The summed E-state index contributed by atoms with van der Waals surface area (Å²) in [4.78, 5) is 0. The number of fused-ring (bicyclic) bond motifs is 2. The predicted molar refractivity (Wildman–Crippen MR) is 69.4 cm³/mol. The number of hydrogen-bond acceptors (Lipinski definition) is 2. The van der Waals surface area contributed by atoms with Crippen molar-refractivity contribution < 1.29 is 4.74 Å². The molecule has 2 heteroatoms. The van der Waals surface area contributed by atoms with Gasteiger partial charge in [0, 0.05) is 0 Å². The highest BCUT2D eigenvalue weighted by Gasteiger charge is 2.52. The fourth-order valence-electron chi connectivity index (χ4n) is 3.73. The van der Waals surface area contributed by atoms with E-state index in [1.54, 1.807) is 12.7 Å². The second-order valence-corrected chi connectivity index (χ2v) is 5.46. The summed E-state index contributed by atoms with van der Waals surface area (Å²) in [5, 5.41) is 0. The Morgan fingerprint density at radius 1 is 1.41 bits per heavy atom. The van der Waals surface area contributed by atoms with Crippen LogP contribution in [0.2, 0.25) is 0 Å². The van der Waals surface area contributed by atoms with Crippen molar-refractivity contribution in [3.05, 3.63) is 29.3 Å². The second kappa shape index (κ2) is 4.02. The molecule has 3 rings (SSSR count). The van der Waals surface area contributed by atoms with Gasteiger partial charge in [-0.1, -0.05) is 12.1 Å². The Balaban J connectivity index is 2.02. The molecule has 0 aliphatic heterocycles. The van der Waals surface area contributed by atoms with E-state index in [0.717, 1.165) is 24.6 Å². The van der Waals surface area contributed by atoms with Gasteiger partial charge in [0.15, 0.2) is 0 Å². The van der Waals surface area contributed by atoms with Gasteiger partial charge in [0.2, 0.25) is 0 Å². The van der Waals surface area contributed by atoms with Gasteiger partial charge in [-0.3, -0.25) is 0 Å². The Morgan fingerprint density at radius 2 is 2.24 bits per heavy atom. The average molecular weight is 231 g/mol. The van der Waals surface area contributed by atoms with E-state index in [4.69, 9.17) is 10.5 Å². The Morgan fingerprint density at radius 3 is 2.88 bits per heavy atom. The zero-order valence-electron chi connectivity index (χ0n) is 10.5. The van der Waals surface area contributed by atoms with Gasteiger partial charge in [-0.15, -0.1) is 0 Å². The van der Waals surface area contributed by atoms with Crippen molar-refractivity contribution >= 4 is 0 Å². The molecule has 92 valence electrons. The van der Waals surface area contributed by atoms with Crippen molar-refractivity contribution in [2.24, 2.45) is 11.7 Å². The van der Waals surface area contributed by atoms with E-state index < -0.39 is 0 Å². The van der Waals surface area contributed by atoms with Gasteiger partial charge in [-0.25, -0.2) is 0 Å². The van der Waals surface area contributed by atoms with E-state index in [-0.39, 0.29) is 0 Å². The smallest absolute Gasteiger partial charge is 0.122 e. The highest BCUT2D eigenvalue weighted by molar-refractivity contribution is 5.49. The molecule has 2 N–H and O–H groups in total. The van der Waals surface area contributed by atoms with Gasteiger partial charge in [-0.05, 0) is 67.2 Å². The van der Waals surface area contributed by atoms with Crippen LogP contribution in [0.25, 0.3) is 0 Å². The number of nitrogens with two attached hydrogens (primary N) is 1. The first-order valence-corrected chi connectivity index (χ1v) is 6.68. The maximum atomic E-state index is 5.76. The van der Waals surface area contributed by atoms with Crippen molar-refractivity contribution in [2.45, 2.75) is 37.5 Å². The first-order chi connectivity index (χ1) is 8.31. The van der Waals surface area contributed by atoms with Crippen LogP contribution in [0.15, 0.2) is 18.2 Å². The van der Waals surface area contributed by atoms with Crippen molar-refractivity contribution in [2.75, 3.05) is 13.7 Å². The minimum Gasteiger partial charge on any atom is -0.496 e. The normalized spacial score (nSPS) is 24.5. The lowest BCUT2D eigenvalue weighted by molar-refractivity contribution is 0.325. The van der Waals surface area contributed by atoms with Crippen LogP contribution in [0.3, 0.4) is 0 Å². The van der Waals surface area contributed by atoms with E-state index in [0.29, 0.717) is 5.41 Å². The van der Waals surface area contributed by atoms with E-state index in [1.165, 1.54) is 31.2 Å². The summed E-state index contributed by atoms with van der Waals surface area (Å²) in [5.41, 5.74) is 9.24. The summed E-state index contributed by atoms with van der Waals surface area (Å²) in [7, 11) is 1.78. The Bertz CT molecular complexity index is 423. The quantitative estimate of drug-likeness (QED) is 0.868. The Kier molecular flexibility index (Phi) is 2.62. The molecule has 0 aromatic heterocycles. The molecule has 2 nitrogen and oxygen atoms in total. The molecule has 0 saturated heterocycles. The number of hydrogen-bond donors (Lipinski definition) is 1. The highest BCUT2D eigenvalue weighted by Crippen LogP contribution is 2.60. The molecule has 0 bridgehead atoms. The number of benzene rings is 1. The highest BCUT2D eigenvalue weighted by atomic mass is 16.5. The SMILES string of the molecule is COc1cccc2c1CCC(CCN)C21CC1. The second-order valence-electron chi connectivity index (χ2n) is 5.46. The number of ether oxygens (including phenoxy) is 1. The molecule has 0 amide bonds. The molecule has 0 radical (unpaired) electrons. The molecule has 0 heterocycles. The number of methoxy groups -OCH3 is 1. The zero-order chi connectivity index (χ0) is 11.9. The first-order valence-electron chi connectivity index (χ1n) is 6.68. The third kappa shape index (κ3) is 1.58. The maximum Gasteiger partial charge on any atom is 0.122 e. The van der Waals surface area contributed by atoms with Crippen LogP contribution in [0.5, 0.6) is 5.75 Å². The molecule has 17 heavy (non-hydrogen) atoms. The van der Waals surface area contributed by atoms with E-state index in [9.17, 15) is 0 Å². The van der Waals surface area contributed by atoms with Crippen LogP contribution in [0.1, 0.15) is 36.8 Å². The minimum atomic E-state index is 0.460. The average Bonchev–Trinajstić information content (AvgIpc) is 3.14. The molecule has 2 aliphatic rings. The Labute approximate surface area is 103 Å². The summed E-state index contributed by atoms with van der Waals surface area (Å²) < 4.78 is 5.50. The van der Waals surface area contributed by atoms with Gasteiger partial charge >= 0.3 is 0 Å². The van der Waals surface area contributed by atoms with Gasteiger partial charge in [-0.2, -0.15) is 0 Å². The molecule has 1 aromatic carbocycles. The predicted octanol–water partition coefficient (Wildman–Crippen LogP) is 2.64. The molecule has 2 aliphatic carbocycles. The van der Waals surface area contributed by atoms with Gasteiger partial charge in [0.05, 0.1) is 7.11 Å². The van der Waals surface area contributed by atoms with E-state index in [2.05, 4.69) is 18.2 Å². The van der Waals surface area contributed by atoms with Crippen molar-refractivity contribution in [1.29, 1.82) is 0 Å². The van der Waals surface area contributed by atoms with Gasteiger partial charge < -0.3 is 10.5 Å². The zero-order valence-corrected chi connectivity index (χ0v) is 10.5. The summed E-state index contributed by atoms with van der Waals surface area (Å²) in [6, 6.07) is 6.55. The molecule has 1 atom stereocenters. The molecular formula is C15H21NO. The molecular weight excluding hydrogens is 210 g/mol. The lowest BCUT2D eigenvalue weighted by Crippen LogP contribution is -2.29. The van der Waals surface area contributed by atoms with Gasteiger partial charge in [0.25, 0.3) is 0 Å². The monoisotopic (exact) mass is 231 g/mol. The molecule has 1 unspecified atom stereocenters. The Hall–Kier alpha value is -1.02. The van der Waals surface area contributed by atoms with Crippen LogP contribution in [0.4, 0.5) is 0 Å². The maximum absolute atomic E-state index is 5.76. The lowest BCUT2D eigenvalue weighted by Gasteiger charge is -2.34. The molecule has 1 fully saturated rings. The molecule has 1 aromatic rings. The fraction of sp³-hybridized carbons (Fsp3) is 0.600. The molecule has 1 spiro atoms. The van der Waals surface area contributed by atoms with Gasteiger partial charge in [0.1, 0.15) is 5.75 Å². The van der Waals surface area contributed by atoms with Crippen LogP contribution >= 0.6 is 0 Å². The summed E-state index contributed by atoms with van der Waals surface area (Å²) in [6.07, 6.45) is 6.31. The van der Waals surface area contributed by atoms with Crippen molar-refractivity contribution in [3.63, 3.8) is 0 Å². The van der Waals surface area contributed by atoms with Crippen LogP contribution < -0.4 is 10.5 Å². The number of rotatable bonds is 3. The summed E-state index contributed by atoms with van der Waals surface area (Å²) >= 11 is 0. The van der Waals surface area contributed by atoms with Crippen LogP contribution in [-0.2, 0) is 11.8 Å². The third-order valence-electron chi connectivity index (χ3n) is 4.72. The van der Waals surface area contributed by atoms with E-state index in [1.807, 2.05) is 0 Å². The molecule has 1 saturated carbocycles. The lowest BCUT2D eigenvalue weighted by atomic mass is 9.71. The van der Waals surface area contributed by atoms with Crippen LogP contribution in [-0.4, -0.2) is 13.7 Å². The standard InChI is InChI=1S/C15H21NO/c1-17-14-4-2-3-13-12(14)6-5-11(7-10-16)15(13)8-9-15/h2-4,11H,5-10,16H2,1H3. The largest absolute Gasteiger partial charge is 0.496 e. The van der Waals surface area contributed by atoms with E-state index >= 15 is 0 Å². The minimum absolute atomic E-state index is 0.460. The first kappa shape index (κ1) is 11.1. The van der Waals surface area contributed by atoms with Crippen molar-refractivity contribution in [3.8, 4) is 5.75 Å². The van der Waals surface area contributed by atoms with Crippen LogP contribution in [0, 0.1) is 5.92 Å². The third-order valence-corrected chi connectivity index (χ3v) is 4.72. The summed E-state index contributed by atoms with van der Waals surface area (Å²) in [6.45, 7) is 0.825.